The second-order valence-corrected chi connectivity index (χ2v) is 6.45. The number of piperidine rings is 1. The highest BCUT2D eigenvalue weighted by Gasteiger charge is 2.56. The average molecular weight is 279 g/mol. The lowest BCUT2D eigenvalue weighted by atomic mass is 9.83. The predicted molar refractivity (Wildman–Crippen MR) is 71.1 cm³/mol. The molecule has 6 nitrogen and oxygen atoms in total. The van der Waals surface area contributed by atoms with Crippen LogP contribution in [0.2, 0.25) is 0 Å². The molecule has 0 radical (unpaired) electrons. The number of rotatable bonds is 1. The molecule has 110 valence electrons. The van der Waals surface area contributed by atoms with Crippen molar-refractivity contribution in [3.8, 4) is 0 Å². The van der Waals surface area contributed by atoms with Gasteiger partial charge in [0.1, 0.15) is 5.60 Å². The Morgan fingerprint density at radius 2 is 2.00 bits per heavy atom. The van der Waals surface area contributed by atoms with E-state index in [4.69, 9.17) is 4.74 Å². The number of fused-ring (bicyclic) bond motifs is 2. The molecule has 3 saturated heterocycles. The molecule has 2 amide bonds. The summed E-state index contributed by atoms with van der Waals surface area (Å²) in [5.74, 6) is 0.589. The fourth-order valence-corrected chi connectivity index (χ4v) is 3.82. The average Bonchev–Trinajstić information content (AvgIpc) is 3.28. The lowest BCUT2D eigenvalue weighted by Crippen LogP contribution is -2.60. The Hall–Kier alpha value is -1.30. The molecule has 4 fully saturated rings. The van der Waals surface area contributed by atoms with Gasteiger partial charge in [0.15, 0.2) is 0 Å². The molecule has 4 aliphatic rings. The Morgan fingerprint density at radius 1 is 1.25 bits per heavy atom. The number of nitrogens with zero attached hydrogens (tertiary/aromatic N) is 2. The maximum Gasteiger partial charge on any atom is 0.410 e. The third-order valence-electron chi connectivity index (χ3n) is 5.22. The van der Waals surface area contributed by atoms with Crippen molar-refractivity contribution in [2.24, 2.45) is 5.92 Å². The molecule has 0 aromatic rings. The maximum absolute atomic E-state index is 12.1. The molecule has 20 heavy (non-hydrogen) atoms. The van der Waals surface area contributed by atoms with Crippen LogP contribution in [-0.4, -0.2) is 66.2 Å². The summed E-state index contributed by atoms with van der Waals surface area (Å²) in [4.78, 5) is 28.0. The molecule has 3 aliphatic heterocycles. The normalized spacial score (nSPS) is 32.2. The van der Waals surface area contributed by atoms with Crippen molar-refractivity contribution < 1.29 is 14.3 Å². The van der Waals surface area contributed by atoms with Crippen molar-refractivity contribution in [2.75, 3.05) is 32.7 Å². The van der Waals surface area contributed by atoms with E-state index < -0.39 is 0 Å². The number of amides is 2. The Balaban J connectivity index is 1.47. The summed E-state index contributed by atoms with van der Waals surface area (Å²) >= 11 is 0. The number of ether oxygens (including phenoxy) is 1. The summed E-state index contributed by atoms with van der Waals surface area (Å²) in [7, 11) is 0. The third kappa shape index (κ3) is 1.81. The molecule has 0 aromatic heterocycles. The van der Waals surface area contributed by atoms with Gasteiger partial charge in [-0.15, -0.1) is 0 Å². The van der Waals surface area contributed by atoms with E-state index in [1.165, 1.54) is 0 Å². The molecule has 1 spiro atoms. The third-order valence-corrected chi connectivity index (χ3v) is 5.22. The zero-order valence-electron chi connectivity index (χ0n) is 11.6. The van der Waals surface area contributed by atoms with E-state index in [0.29, 0.717) is 5.91 Å². The smallest absolute Gasteiger partial charge is 0.410 e. The van der Waals surface area contributed by atoms with Crippen LogP contribution in [0.25, 0.3) is 0 Å². The fraction of sp³-hybridized carbons (Fsp3) is 0.857. The first-order valence-electron chi connectivity index (χ1n) is 7.69. The Bertz CT molecular complexity index is 441. The first-order valence-corrected chi connectivity index (χ1v) is 7.69. The van der Waals surface area contributed by atoms with Crippen LogP contribution in [0.15, 0.2) is 0 Å². The number of hydrogen-bond acceptors (Lipinski definition) is 4. The SMILES string of the molecule is O=C(C1CC1)N1CCC2(CC1)OC(=O)N1CCNCC12. The first-order chi connectivity index (χ1) is 9.70. The van der Waals surface area contributed by atoms with Gasteiger partial charge in [-0.05, 0) is 12.8 Å². The standard InChI is InChI=1S/C14H21N3O3/c18-12(10-1-2-10)16-6-3-14(4-7-16)11-9-15-5-8-17(11)13(19)20-14/h10-11,15H,1-9H2. The summed E-state index contributed by atoms with van der Waals surface area (Å²) in [6, 6.07) is 0.141. The van der Waals surface area contributed by atoms with Gasteiger partial charge < -0.3 is 15.0 Å². The maximum atomic E-state index is 12.1. The number of hydrogen-bond donors (Lipinski definition) is 1. The van der Waals surface area contributed by atoms with E-state index in [2.05, 4.69) is 5.32 Å². The van der Waals surface area contributed by atoms with Crippen LogP contribution in [0.1, 0.15) is 25.7 Å². The van der Waals surface area contributed by atoms with Crippen molar-refractivity contribution in [3.63, 3.8) is 0 Å². The van der Waals surface area contributed by atoms with Gasteiger partial charge in [0.2, 0.25) is 5.91 Å². The number of likely N-dealkylation sites (tertiary alicyclic amines) is 1. The van der Waals surface area contributed by atoms with E-state index in [-0.39, 0.29) is 23.7 Å². The summed E-state index contributed by atoms with van der Waals surface area (Å²) in [6.45, 7) is 3.84. The second-order valence-electron chi connectivity index (χ2n) is 6.45. The van der Waals surface area contributed by atoms with Gasteiger partial charge in [-0.25, -0.2) is 4.79 Å². The molecule has 4 rings (SSSR count). The minimum atomic E-state index is -0.370. The number of carbonyl (C=O) groups excluding carboxylic acids is 2. The summed E-state index contributed by atoms with van der Waals surface area (Å²) in [6.07, 6.45) is 3.49. The van der Waals surface area contributed by atoms with Gasteiger partial charge in [0, 0.05) is 51.5 Å². The minimum Gasteiger partial charge on any atom is -0.440 e. The van der Waals surface area contributed by atoms with E-state index in [1.54, 1.807) is 0 Å². The number of nitrogens with one attached hydrogen (secondary N) is 1. The van der Waals surface area contributed by atoms with Gasteiger partial charge in [-0.2, -0.15) is 0 Å². The van der Waals surface area contributed by atoms with Crippen LogP contribution < -0.4 is 5.32 Å². The Kier molecular flexibility index (Phi) is 2.70. The molecule has 6 heteroatoms. The molecular formula is C14H21N3O3. The van der Waals surface area contributed by atoms with Crippen LogP contribution in [-0.2, 0) is 9.53 Å². The molecule has 1 aliphatic carbocycles. The number of piperazine rings is 1. The molecule has 1 N–H and O–H groups in total. The predicted octanol–water partition coefficient (Wildman–Crippen LogP) is 0.182. The van der Waals surface area contributed by atoms with Crippen LogP contribution >= 0.6 is 0 Å². The zero-order chi connectivity index (χ0) is 13.7. The monoisotopic (exact) mass is 279 g/mol. The lowest BCUT2D eigenvalue weighted by molar-refractivity contribution is -0.136. The van der Waals surface area contributed by atoms with Crippen molar-refractivity contribution in [1.29, 1.82) is 0 Å². The van der Waals surface area contributed by atoms with Gasteiger partial charge in [-0.3, -0.25) is 9.69 Å². The quantitative estimate of drug-likeness (QED) is 0.744. The Morgan fingerprint density at radius 3 is 2.70 bits per heavy atom. The summed E-state index contributed by atoms with van der Waals surface area (Å²) in [5, 5.41) is 3.36. The van der Waals surface area contributed by atoms with Gasteiger partial charge >= 0.3 is 6.09 Å². The van der Waals surface area contributed by atoms with E-state index >= 15 is 0 Å². The van der Waals surface area contributed by atoms with Gasteiger partial charge in [0.05, 0.1) is 6.04 Å². The van der Waals surface area contributed by atoms with E-state index in [0.717, 1.165) is 58.4 Å². The topological polar surface area (TPSA) is 61.9 Å². The first kappa shape index (κ1) is 12.4. The van der Waals surface area contributed by atoms with Crippen molar-refractivity contribution in [2.45, 2.75) is 37.3 Å². The summed E-state index contributed by atoms with van der Waals surface area (Å²) < 4.78 is 5.75. The molecule has 0 aromatic carbocycles. The van der Waals surface area contributed by atoms with Crippen LogP contribution in [0, 0.1) is 5.92 Å². The largest absolute Gasteiger partial charge is 0.440 e. The van der Waals surface area contributed by atoms with Gasteiger partial charge in [-0.1, -0.05) is 0 Å². The molecule has 1 saturated carbocycles. The van der Waals surface area contributed by atoms with Gasteiger partial charge in [0.25, 0.3) is 0 Å². The second kappa shape index (κ2) is 4.35. The van der Waals surface area contributed by atoms with Crippen molar-refractivity contribution in [3.05, 3.63) is 0 Å². The van der Waals surface area contributed by atoms with Crippen LogP contribution in [0.4, 0.5) is 4.79 Å². The summed E-state index contributed by atoms with van der Waals surface area (Å²) in [5.41, 5.74) is -0.370. The Labute approximate surface area is 118 Å². The minimum absolute atomic E-state index is 0.141. The molecule has 3 heterocycles. The molecule has 0 bridgehead atoms. The van der Waals surface area contributed by atoms with Crippen LogP contribution in [0.3, 0.4) is 0 Å². The molecule has 1 atom stereocenters. The highest BCUT2D eigenvalue weighted by molar-refractivity contribution is 5.81. The van der Waals surface area contributed by atoms with E-state index in [9.17, 15) is 9.59 Å². The lowest BCUT2D eigenvalue weighted by Gasteiger charge is -2.43. The molecular weight excluding hydrogens is 258 g/mol. The van der Waals surface area contributed by atoms with Crippen molar-refractivity contribution >= 4 is 12.0 Å². The zero-order valence-corrected chi connectivity index (χ0v) is 11.6. The molecule has 1 unspecified atom stereocenters. The van der Waals surface area contributed by atoms with Crippen LogP contribution in [0.5, 0.6) is 0 Å². The van der Waals surface area contributed by atoms with E-state index in [1.807, 2.05) is 9.80 Å². The number of carbonyl (C=O) groups is 2. The fourth-order valence-electron chi connectivity index (χ4n) is 3.82. The van der Waals surface area contributed by atoms with Crippen molar-refractivity contribution in [1.82, 2.24) is 15.1 Å². The highest BCUT2D eigenvalue weighted by Crippen LogP contribution is 2.40. The highest BCUT2D eigenvalue weighted by atomic mass is 16.6.